The fourth-order valence-corrected chi connectivity index (χ4v) is 2.62. The highest BCUT2D eigenvalue weighted by atomic mass is 16.5. The lowest BCUT2D eigenvalue weighted by atomic mass is 10.2. The van der Waals surface area contributed by atoms with Crippen molar-refractivity contribution >= 4 is 17.4 Å². The number of nitrogens with zero attached hydrogens (tertiary/aromatic N) is 1. The Morgan fingerprint density at radius 3 is 2.12 bits per heavy atom. The number of amides is 2. The largest absolute Gasteiger partial charge is 0.489 e. The maximum absolute atomic E-state index is 12.5. The first-order valence-electron chi connectivity index (χ1n) is 8.66. The average molecular weight is 346 g/mol. The molecule has 3 aromatic rings. The SMILES string of the molecule is CCN(C(=O)Nc1ccc(OCc2ccccc2)cc1)c1ccccc1. The summed E-state index contributed by atoms with van der Waals surface area (Å²) in [4.78, 5) is 14.2. The second kappa shape index (κ2) is 8.72. The summed E-state index contributed by atoms with van der Waals surface area (Å²) in [5.74, 6) is 0.766. The lowest BCUT2D eigenvalue weighted by Gasteiger charge is -2.21. The van der Waals surface area contributed by atoms with E-state index in [4.69, 9.17) is 4.74 Å². The van der Waals surface area contributed by atoms with Crippen molar-refractivity contribution in [3.05, 3.63) is 90.5 Å². The van der Waals surface area contributed by atoms with Gasteiger partial charge in [-0.15, -0.1) is 0 Å². The highest BCUT2D eigenvalue weighted by Crippen LogP contribution is 2.19. The van der Waals surface area contributed by atoms with Crippen molar-refractivity contribution in [2.24, 2.45) is 0 Å². The van der Waals surface area contributed by atoms with E-state index >= 15 is 0 Å². The first kappa shape index (κ1) is 17.5. The number of hydrogen-bond donors (Lipinski definition) is 1. The number of anilines is 2. The van der Waals surface area contributed by atoms with Gasteiger partial charge in [-0.2, -0.15) is 0 Å². The molecule has 2 amide bonds. The molecule has 0 bridgehead atoms. The summed E-state index contributed by atoms with van der Waals surface area (Å²) in [6.07, 6.45) is 0. The van der Waals surface area contributed by atoms with Crippen LogP contribution >= 0.6 is 0 Å². The van der Waals surface area contributed by atoms with Gasteiger partial charge in [0.1, 0.15) is 12.4 Å². The van der Waals surface area contributed by atoms with E-state index in [0.29, 0.717) is 13.2 Å². The third-order valence-electron chi connectivity index (χ3n) is 3.98. The Hall–Kier alpha value is -3.27. The Morgan fingerprint density at radius 2 is 1.50 bits per heavy atom. The van der Waals surface area contributed by atoms with Crippen LogP contribution in [0.1, 0.15) is 12.5 Å². The van der Waals surface area contributed by atoms with Crippen LogP contribution in [-0.2, 0) is 6.61 Å². The van der Waals surface area contributed by atoms with Crippen LogP contribution < -0.4 is 15.0 Å². The molecule has 4 nitrogen and oxygen atoms in total. The highest BCUT2D eigenvalue weighted by Gasteiger charge is 2.13. The number of carbonyl (C=O) groups excluding carboxylic acids is 1. The first-order chi connectivity index (χ1) is 12.8. The number of nitrogens with one attached hydrogen (secondary N) is 1. The number of hydrogen-bond acceptors (Lipinski definition) is 2. The van der Waals surface area contributed by atoms with Gasteiger partial charge in [0.2, 0.25) is 0 Å². The average Bonchev–Trinajstić information content (AvgIpc) is 2.70. The number of carbonyl (C=O) groups is 1. The quantitative estimate of drug-likeness (QED) is 0.656. The molecule has 0 aromatic heterocycles. The van der Waals surface area contributed by atoms with Gasteiger partial charge in [-0.1, -0.05) is 48.5 Å². The lowest BCUT2D eigenvalue weighted by Crippen LogP contribution is -2.34. The third kappa shape index (κ3) is 4.63. The van der Waals surface area contributed by atoms with E-state index in [1.54, 1.807) is 4.90 Å². The Morgan fingerprint density at radius 1 is 0.885 bits per heavy atom. The molecule has 4 heteroatoms. The van der Waals surface area contributed by atoms with Crippen LogP contribution in [0.4, 0.5) is 16.2 Å². The summed E-state index contributed by atoms with van der Waals surface area (Å²) in [5.41, 5.74) is 2.72. The van der Waals surface area contributed by atoms with Crippen LogP contribution in [0.2, 0.25) is 0 Å². The Kier molecular flexibility index (Phi) is 5.88. The van der Waals surface area contributed by atoms with Gasteiger partial charge in [-0.25, -0.2) is 4.79 Å². The molecule has 1 N–H and O–H groups in total. The number of urea groups is 1. The van der Waals surface area contributed by atoms with Gasteiger partial charge in [0, 0.05) is 17.9 Å². The van der Waals surface area contributed by atoms with Gasteiger partial charge in [-0.3, -0.25) is 4.90 Å². The monoisotopic (exact) mass is 346 g/mol. The number of para-hydroxylation sites is 1. The highest BCUT2D eigenvalue weighted by molar-refractivity contribution is 6.01. The van der Waals surface area contributed by atoms with E-state index < -0.39 is 0 Å². The minimum Gasteiger partial charge on any atom is -0.489 e. The van der Waals surface area contributed by atoms with Crippen molar-refractivity contribution in [3.8, 4) is 5.75 Å². The summed E-state index contributed by atoms with van der Waals surface area (Å²) in [6.45, 7) is 3.06. The second-order valence-electron chi connectivity index (χ2n) is 5.81. The molecule has 0 fully saturated rings. The van der Waals surface area contributed by atoms with Crippen molar-refractivity contribution in [2.45, 2.75) is 13.5 Å². The van der Waals surface area contributed by atoms with Gasteiger partial charge in [0.05, 0.1) is 0 Å². The Bertz CT molecular complexity index is 818. The zero-order valence-corrected chi connectivity index (χ0v) is 14.8. The maximum atomic E-state index is 12.5. The zero-order valence-electron chi connectivity index (χ0n) is 14.8. The van der Waals surface area contributed by atoms with Crippen molar-refractivity contribution in [1.82, 2.24) is 0 Å². The van der Waals surface area contributed by atoms with E-state index in [-0.39, 0.29) is 6.03 Å². The van der Waals surface area contributed by atoms with Crippen LogP contribution in [0, 0.1) is 0 Å². The number of rotatable bonds is 6. The predicted molar refractivity (Wildman–Crippen MR) is 106 cm³/mol. The summed E-state index contributed by atoms with van der Waals surface area (Å²) >= 11 is 0. The van der Waals surface area contributed by atoms with Crippen LogP contribution in [0.25, 0.3) is 0 Å². The molecule has 0 unspecified atom stereocenters. The predicted octanol–water partition coefficient (Wildman–Crippen LogP) is 5.32. The summed E-state index contributed by atoms with van der Waals surface area (Å²) in [6, 6.07) is 26.9. The molecule has 0 heterocycles. The fraction of sp³-hybridized carbons (Fsp3) is 0.136. The second-order valence-corrected chi connectivity index (χ2v) is 5.81. The van der Waals surface area contributed by atoms with Gasteiger partial charge >= 0.3 is 6.03 Å². The Labute approximate surface area is 154 Å². The van der Waals surface area contributed by atoms with Gasteiger partial charge in [0.25, 0.3) is 0 Å². The minimum absolute atomic E-state index is 0.156. The fourth-order valence-electron chi connectivity index (χ4n) is 2.62. The summed E-state index contributed by atoms with van der Waals surface area (Å²) < 4.78 is 5.77. The van der Waals surface area contributed by atoms with Crippen LogP contribution in [0.15, 0.2) is 84.9 Å². The number of ether oxygens (including phenoxy) is 1. The standard InChI is InChI=1S/C22H22N2O2/c1-2-24(20-11-7-4-8-12-20)22(25)23-19-13-15-21(16-14-19)26-17-18-9-5-3-6-10-18/h3-16H,2,17H2,1H3,(H,23,25). The van der Waals surface area contributed by atoms with E-state index in [1.165, 1.54) is 0 Å². The third-order valence-corrected chi connectivity index (χ3v) is 3.98. The van der Waals surface area contributed by atoms with Gasteiger partial charge in [0.15, 0.2) is 0 Å². The molecular formula is C22H22N2O2. The molecule has 0 saturated carbocycles. The van der Waals surface area contributed by atoms with E-state index in [2.05, 4.69) is 5.32 Å². The maximum Gasteiger partial charge on any atom is 0.326 e. The molecule has 0 radical (unpaired) electrons. The van der Waals surface area contributed by atoms with E-state index in [9.17, 15) is 4.79 Å². The molecule has 3 aromatic carbocycles. The first-order valence-corrected chi connectivity index (χ1v) is 8.66. The van der Waals surface area contributed by atoms with Crippen LogP contribution in [0.3, 0.4) is 0 Å². The Balaban J connectivity index is 1.59. The topological polar surface area (TPSA) is 41.6 Å². The van der Waals surface area contributed by atoms with E-state index in [0.717, 1.165) is 22.7 Å². The van der Waals surface area contributed by atoms with Crippen molar-refractivity contribution in [1.29, 1.82) is 0 Å². The van der Waals surface area contributed by atoms with Crippen molar-refractivity contribution in [3.63, 3.8) is 0 Å². The molecule has 0 aliphatic carbocycles. The molecule has 0 saturated heterocycles. The van der Waals surface area contributed by atoms with Crippen LogP contribution in [0.5, 0.6) is 5.75 Å². The lowest BCUT2D eigenvalue weighted by molar-refractivity contribution is 0.257. The summed E-state index contributed by atoms with van der Waals surface area (Å²) in [5, 5.41) is 2.92. The van der Waals surface area contributed by atoms with Crippen LogP contribution in [-0.4, -0.2) is 12.6 Å². The summed E-state index contributed by atoms with van der Waals surface area (Å²) in [7, 11) is 0. The molecule has 0 atom stereocenters. The molecule has 132 valence electrons. The smallest absolute Gasteiger partial charge is 0.326 e. The van der Waals surface area contributed by atoms with Crippen molar-refractivity contribution < 1.29 is 9.53 Å². The zero-order chi connectivity index (χ0) is 18.2. The molecule has 0 aliphatic rings. The molecule has 3 rings (SSSR count). The van der Waals surface area contributed by atoms with Gasteiger partial charge in [-0.05, 0) is 48.9 Å². The van der Waals surface area contributed by atoms with Gasteiger partial charge < -0.3 is 10.1 Å². The molecular weight excluding hydrogens is 324 g/mol. The van der Waals surface area contributed by atoms with E-state index in [1.807, 2.05) is 91.9 Å². The minimum atomic E-state index is -0.156. The van der Waals surface area contributed by atoms with Crippen molar-refractivity contribution in [2.75, 3.05) is 16.8 Å². The normalized spacial score (nSPS) is 10.2. The molecule has 0 spiro atoms. The molecule has 0 aliphatic heterocycles. The molecule has 26 heavy (non-hydrogen) atoms. The number of benzene rings is 3.